The highest BCUT2D eigenvalue weighted by Gasteiger charge is 2.15. The highest BCUT2D eigenvalue weighted by Crippen LogP contribution is 2.36. The van der Waals surface area contributed by atoms with Gasteiger partial charge < -0.3 is 4.42 Å². The van der Waals surface area contributed by atoms with E-state index in [1.165, 1.54) is 0 Å². The smallest absolute Gasteiger partial charge is 0.160 e. The fourth-order valence-corrected chi connectivity index (χ4v) is 5.62. The van der Waals surface area contributed by atoms with Crippen LogP contribution < -0.4 is 0 Å². The fraction of sp³-hybridized carbons (Fsp3) is 0. The van der Waals surface area contributed by atoms with Crippen LogP contribution in [0.5, 0.6) is 0 Å². The summed E-state index contributed by atoms with van der Waals surface area (Å²) in [6.45, 7) is 0. The van der Waals surface area contributed by atoms with Gasteiger partial charge in [-0.1, -0.05) is 84.9 Å². The van der Waals surface area contributed by atoms with E-state index in [1.54, 1.807) is 6.20 Å². The van der Waals surface area contributed by atoms with E-state index in [1.807, 2.05) is 60.8 Å². The zero-order chi connectivity index (χ0) is 28.6. The summed E-state index contributed by atoms with van der Waals surface area (Å²) in [5.74, 6) is 0.679. The first-order chi connectivity index (χ1) is 21.3. The van der Waals surface area contributed by atoms with Crippen molar-refractivity contribution in [2.45, 2.75) is 0 Å². The van der Waals surface area contributed by atoms with Crippen molar-refractivity contribution in [3.8, 4) is 56.2 Å². The molecule has 0 saturated heterocycles. The highest BCUT2D eigenvalue weighted by atomic mass is 16.3. The van der Waals surface area contributed by atoms with Gasteiger partial charge in [0.05, 0.1) is 11.4 Å². The molecule has 4 nitrogen and oxygen atoms in total. The number of hydrogen-bond donors (Lipinski definition) is 0. The summed E-state index contributed by atoms with van der Waals surface area (Å²) in [6, 6.07) is 47.8. The first kappa shape index (κ1) is 24.9. The van der Waals surface area contributed by atoms with Crippen LogP contribution in [-0.2, 0) is 0 Å². The molecule has 8 rings (SSSR count). The van der Waals surface area contributed by atoms with Gasteiger partial charge in [-0.2, -0.15) is 0 Å². The lowest BCUT2D eigenvalue weighted by Gasteiger charge is -2.13. The van der Waals surface area contributed by atoms with E-state index >= 15 is 0 Å². The minimum Gasteiger partial charge on any atom is -0.456 e. The molecule has 0 N–H and O–H groups in total. The van der Waals surface area contributed by atoms with Crippen LogP contribution in [0.3, 0.4) is 0 Å². The Morgan fingerprint density at radius 1 is 0.395 bits per heavy atom. The largest absolute Gasteiger partial charge is 0.456 e. The molecule has 8 aromatic rings. The lowest BCUT2D eigenvalue weighted by atomic mass is 9.95. The number of furan rings is 1. The number of rotatable bonds is 5. The van der Waals surface area contributed by atoms with Gasteiger partial charge in [0.15, 0.2) is 5.82 Å². The lowest BCUT2D eigenvalue weighted by molar-refractivity contribution is 0.669. The predicted molar refractivity (Wildman–Crippen MR) is 174 cm³/mol. The Kier molecular flexibility index (Phi) is 6.08. The Hall–Kier alpha value is -5.87. The van der Waals surface area contributed by atoms with Crippen molar-refractivity contribution in [2.75, 3.05) is 0 Å². The first-order valence-corrected chi connectivity index (χ1v) is 14.3. The maximum atomic E-state index is 6.10. The van der Waals surface area contributed by atoms with Gasteiger partial charge >= 0.3 is 0 Å². The van der Waals surface area contributed by atoms with Crippen molar-refractivity contribution < 1.29 is 4.42 Å². The second kappa shape index (κ2) is 10.5. The molecule has 202 valence electrons. The summed E-state index contributed by atoms with van der Waals surface area (Å²) in [5, 5.41) is 2.16. The monoisotopic (exact) mass is 551 g/mol. The van der Waals surface area contributed by atoms with Crippen LogP contribution in [0.25, 0.3) is 78.1 Å². The zero-order valence-electron chi connectivity index (χ0n) is 23.2. The molecular weight excluding hydrogens is 526 g/mol. The van der Waals surface area contributed by atoms with E-state index in [-0.39, 0.29) is 0 Å². The first-order valence-electron chi connectivity index (χ1n) is 14.3. The zero-order valence-corrected chi connectivity index (χ0v) is 23.2. The minimum absolute atomic E-state index is 0.679. The Morgan fingerprint density at radius 2 is 1.02 bits per heavy atom. The molecule has 0 spiro atoms. The number of para-hydroxylation sites is 1. The van der Waals surface area contributed by atoms with Crippen LogP contribution in [0, 0.1) is 0 Å². The van der Waals surface area contributed by atoms with E-state index in [0.29, 0.717) is 5.82 Å². The maximum absolute atomic E-state index is 6.10. The molecule has 43 heavy (non-hydrogen) atoms. The fourth-order valence-electron chi connectivity index (χ4n) is 5.62. The van der Waals surface area contributed by atoms with Crippen molar-refractivity contribution in [3.63, 3.8) is 0 Å². The second-order valence-electron chi connectivity index (χ2n) is 10.5. The molecule has 4 heteroatoms. The van der Waals surface area contributed by atoms with Crippen LogP contribution in [0.15, 0.2) is 156 Å². The molecule has 0 atom stereocenters. The van der Waals surface area contributed by atoms with E-state index in [0.717, 1.165) is 72.3 Å². The number of fused-ring (bicyclic) bond motifs is 3. The summed E-state index contributed by atoms with van der Waals surface area (Å²) < 4.78 is 6.10. The maximum Gasteiger partial charge on any atom is 0.160 e. The highest BCUT2D eigenvalue weighted by molar-refractivity contribution is 6.06. The molecule has 0 saturated carbocycles. The third kappa shape index (κ3) is 4.75. The molecule has 3 heterocycles. The van der Waals surface area contributed by atoms with Crippen molar-refractivity contribution >= 4 is 21.9 Å². The minimum atomic E-state index is 0.679. The Morgan fingerprint density at radius 3 is 1.79 bits per heavy atom. The summed E-state index contributed by atoms with van der Waals surface area (Å²) in [5.41, 5.74) is 10.8. The predicted octanol–water partition coefficient (Wildman–Crippen LogP) is 10.1. The summed E-state index contributed by atoms with van der Waals surface area (Å²) in [7, 11) is 0. The van der Waals surface area contributed by atoms with Gasteiger partial charge in [-0.05, 0) is 71.3 Å². The Labute approximate surface area is 249 Å². The SMILES string of the molecule is c1ccc(-c2cc(-c3cccnc3)cc(-c3cc(-c4ccc5oc6ccccc6c5c4)nc(-c4ccccc4)n3)c2)cc1. The average molecular weight is 552 g/mol. The number of nitrogens with zero attached hydrogens (tertiary/aromatic N) is 3. The molecule has 0 fully saturated rings. The van der Waals surface area contributed by atoms with Gasteiger partial charge in [0.2, 0.25) is 0 Å². The molecule has 0 radical (unpaired) electrons. The van der Waals surface area contributed by atoms with Crippen LogP contribution in [0.2, 0.25) is 0 Å². The van der Waals surface area contributed by atoms with Crippen molar-refractivity contribution in [1.29, 1.82) is 0 Å². The second-order valence-corrected chi connectivity index (χ2v) is 10.5. The molecule has 0 aliphatic carbocycles. The number of pyridine rings is 1. The van der Waals surface area contributed by atoms with Crippen molar-refractivity contribution in [1.82, 2.24) is 15.0 Å². The van der Waals surface area contributed by atoms with Crippen LogP contribution in [0.4, 0.5) is 0 Å². The van der Waals surface area contributed by atoms with Crippen molar-refractivity contribution in [3.05, 3.63) is 152 Å². The number of hydrogen-bond acceptors (Lipinski definition) is 4. The molecule has 3 aromatic heterocycles. The molecule has 0 amide bonds. The van der Waals surface area contributed by atoms with Gasteiger partial charge in [0.1, 0.15) is 11.2 Å². The molecular formula is C39H25N3O. The Bertz CT molecular complexity index is 2170. The Balaban J connectivity index is 1.35. The van der Waals surface area contributed by atoms with Crippen molar-refractivity contribution in [2.24, 2.45) is 0 Å². The molecule has 0 bridgehead atoms. The van der Waals surface area contributed by atoms with E-state index in [9.17, 15) is 0 Å². The van der Waals surface area contributed by atoms with Gasteiger partial charge in [-0.3, -0.25) is 4.98 Å². The third-order valence-electron chi connectivity index (χ3n) is 7.76. The lowest BCUT2D eigenvalue weighted by Crippen LogP contribution is -1.96. The van der Waals surface area contributed by atoms with Gasteiger partial charge in [0.25, 0.3) is 0 Å². The topological polar surface area (TPSA) is 51.8 Å². The van der Waals surface area contributed by atoms with Gasteiger partial charge in [-0.25, -0.2) is 9.97 Å². The molecule has 0 aliphatic rings. The van der Waals surface area contributed by atoms with Crippen LogP contribution in [0.1, 0.15) is 0 Å². The molecule has 5 aromatic carbocycles. The summed E-state index contributed by atoms with van der Waals surface area (Å²) >= 11 is 0. The molecule has 0 unspecified atom stereocenters. The normalized spacial score (nSPS) is 11.3. The average Bonchev–Trinajstić information content (AvgIpc) is 3.47. The number of aromatic nitrogens is 3. The van der Waals surface area contributed by atoms with Gasteiger partial charge in [0, 0.05) is 45.4 Å². The standard InChI is InChI=1S/C39H25N3O/c1-3-10-26(11-4-1)30-20-31(29-14-9-19-40-25-29)22-32(21-30)36-24-35(41-39(42-36)27-12-5-2-6-13-27)28-17-18-38-34(23-28)33-15-7-8-16-37(33)43-38/h1-25H. The quantitative estimate of drug-likeness (QED) is 0.214. The summed E-state index contributed by atoms with van der Waals surface area (Å²) in [4.78, 5) is 14.6. The van der Waals surface area contributed by atoms with E-state index in [4.69, 9.17) is 14.4 Å². The van der Waals surface area contributed by atoms with E-state index in [2.05, 4.69) is 89.9 Å². The summed E-state index contributed by atoms with van der Waals surface area (Å²) in [6.07, 6.45) is 3.70. The van der Waals surface area contributed by atoms with Crippen LogP contribution in [-0.4, -0.2) is 15.0 Å². The van der Waals surface area contributed by atoms with E-state index < -0.39 is 0 Å². The molecule has 0 aliphatic heterocycles. The third-order valence-corrected chi connectivity index (χ3v) is 7.76. The van der Waals surface area contributed by atoms with Crippen LogP contribution >= 0.6 is 0 Å². The number of benzene rings is 5. The van der Waals surface area contributed by atoms with Gasteiger partial charge in [-0.15, -0.1) is 0 Å².